The van der Waals surface area contributed by atoms with Gasteiger partial charge in [-0.1, -0.05) is 6.07 Å². The Morgan fingerprint density at radius 2 is 1.81 bits per heavy atom. The monoisotopic (exact) mass is 379 g/mol. The van der Waals surface area contributed by atoms with E-state index < -0.39 is 30.0 Å². The molecule has 0 bridgehead atoms. The second-order valence-electron chi connectivity index (χ2n) is 5.37. The van der Waals surface area contributed by atoms with Crippen LogP contribution in [-0.4, -0.2) is 25.1 Å². The van der Waals surface area contributed by atoms with E-state index in [0.717, 1.165) is 18.2 Å². The predicted octanol–water partition coefficient (Wildman–Crippen LogP) is 3.19. The Labute approximate surface area is 153 Å². The number of alkyl halides is 3. The number of hydrazone groups is 1. The van der Waals surface area contributed by atoms with Crippen LogP contribution in [0.25, 0.3) is 0 Å². The highest BCUT2D eigenvalue weighted by molar-refractivity contribution is 6.03. The van der Waals surface area contributed by atoms with Crippen LogP contribution in [0.4, 0.5) is 18.9 Å². The minimum absolute atomic E-state index is 0.0515. The quantitative estimate of drug-likeness (QED) is 0.460. The van der Waals surface area contributed by atoms with Crippen LogP contribution in [-0.2, 0) is 15.8 Å². The number of halogens is 3. The van der Waals surface area contributed by atoms with Gasteiger partial charge in [0.25, 0.3) is 0 Å². The van der Waals surface area contributed by atoms with Gasteiger partial charge in [0.1, 0.15) is 12.2 Å². The summed E-state index contributed by atoms with van der Waals surface area (Å²) in [6, 6.07) is 11.0. The van der Waals surface area contributed by atoms with Crippen LogP contribution >= 0.6 is 0 Å². The molecule has 142 valence electrons. The van der Waals surface area contributed by atoms with Gasteiger partial charge >= 0.3 is 6.18 Å². The standard InChI is InChI=1S/C18H16F3N3O3/c1-27-15-7-5-12(6-8-15)11-22-24-17(26)10-16(25)23-14-4-2-3-13(9-14)18(19,20)21/h2-9,11H,10H2,1H3,(H,23,25)(H,24,26)/b22-11+. The van der Waals surface area contributed by atoms with Gasteiger partial charge < -0.3 is 10.1 Å². The van der Waals surface area contributed by atoms with Gasteiger partial charge in [-0.25, -0.2) is 5.43 Å². The molecule has 0 saturated carbocycles. The zero-order valence-corrected chi connectivity index (χ0v) is 14.2. The second-order valence-corrected chi connectivity index (χ2v) is 5.37. The molecule has 27 heavy (non-hydrogen) atoms. The largest absolute Gasteiger partial charge is 0.497 e. The Hall–Kier alpha value is -3.36. The van der Waals surface area contributed by atoms with Gasteiger partial charge in [0.2, 0.25) is 11.8 Å². The van der Waals surface area contributed by atoms with Crippen LogP contribution in [0.3, 0.4) is 0 Å². The number of benzene rings is 2. The van der Waals surface area contributed by atoms with Crippen LogP contribution in [0.15, 0.2) is 53.6 Å². The summed E-state index contributed by atoms with van der Waals surface area (Å²) in [6.45, 7) is 0. The van der Waals surface area contributed by atoms with Crippen molar-refractivity contribution >= 4 is 23.7 Å². The molecule has 0 aliphatic heterocycles. The first kappa shape index (κ1) is 20.0. The molecule has 0 radical (unpaired) electrons. The highest BCUT2D eigenvalue weighted by Crippen LogP contribution is 2.30. The number of methoxy groups -OCH3 is 1. The Balaban J connectivity index is 1.84. The molecule has 2 aromatic carbocycles. The number of anilines is 1. The Morgan fingerprint density at radius 1 is 1.11 bits per heavy atom. The van der Waals surface area contributed by atoms with Crippen molar-refractivity contribution in [1.29, 1.82) is 0 Å². The van der Waals surface area contributed by atoms with E-state index in [1.807, 2.05) is 0 Å². The third-order valence-electron chi connectivity index (χ3n) is 3.31. The fourth-order valence-electron chi connectivity index (χ4n) is 2.03. The zero-order chi connectivity index (χ0) is 19.9. The zero-order valence-electron chi connectivity index (χ0n) is 14.2. The molecule has 6 nitrogen and oxygen atoms in total. The summed E-state index contributed by atoms with van der Waals surface area (Å²) in [5.74, 6) is -0.793. The topological polar surface area (TPSA) is 79.8 Å². The van der Waals surface area contributed by atoms with Crippen molar-refractivity contribution in [2.24, 2.45) is 5.10 Å². The maximum atomic E-state index is 12.6. The predicted molar refractivity (Wildman–Crippen MR) is 93.4 cm³/mol. The average Bonchev–Trinajstić information content (AvgIpc) is 2.61. The summed E-state index contributed by atoms with van der Waals surface area (Å²) in [6.07, 6.45) is -3.73. The first-order valence-corrected chi connectivity index (χ1v) is 7.71. The molecule has 0 fully saturated rings. The summed E-state index contributed by atoms with van der Waals surface area (Å²) in [5, 5.41) is 5.95. The highest BCUT2D eigenvalue weighted by atomic mass is 19.4. The van der Waals surface area contributed by atoms with Gasteiger partial charge in [0.05, 0.1) is 18.9 Å². The smallest absolute Gasteiger partial charge is 0.416 e. The molecular formula is C18H16F3N3O3. The Bertz CT molecular complexity index is 834. The molecular weight excluding hydrogens is 363 g/mol. The molecule has 0 spiro atoms. The number of nitrogens with one attached hydrogen (secondary N) is 2. The van der Waals surface area contributed by atoms with E-state index in [-0.39, 0.29) is 5.69 Å². The van der Waals surface area contributed by atoms with Crippen molar-refractivity contribution in [3.05, 3.63) is 59.7 Å². The Morgan fingerprint density at radius 3 is 2.44 bits per heavy atom. The third kappa shape index (κ3) is 6.46. The van der Waals surface area contributed by atoms with Gasteiger partial charge in [-0.05, 0) is 48.0 Å². The number of hydrogen-bond acceptors (Lipinski definition) is 4. The van der Waals surface area contributed by atoms with Crippen molar-refractivity contribution in [3.63, 3.8) is 0 Å². The lowest BCUT2D eigenvalue weighted by molar-refractivity contribution is -0.137. The molecule has 0 unspecified atom stereocenters. The molecule has 0 aliphatic carbocycles. The second kappa shape index (κ2) is 8.84. The molecule has 2 aromatic rings. The molecule has 2 N–H and O–H groups in total. The average molecular weight is 379 g/mol. The van der Waals surface area contributed by atoms with Gasteiger partial charge in [0, 0.05) is 5.69 Å². The van der Waals surface area contributed by atoms with Gasteiger partial charge in [-0.15, -0.1) is 0 Å². The number of rotatable bonds is 6. The van der Waals surface area contributed by atoms with Crippen molar-refractivity contribution in [1.82, 2.24) is 5.43 Å². The van der Waals surface area contributed by atoms with Crippen molar-refractivity contribution in [3.8, 4) is 5.75 Å². The first-order valence-electron chi connectivity index (χ1n) is 7.71. The van der Waals surface area contributed by atoms with E-state index in [1.54, 1.807) is 24.3 Å². The maximum absolute atomic E-state index is 12.6. The minimum Gasteiger partial charge on any atom is -0.497 e. The molecule has 0 heterocycles. The lowest BCUT2D eigenvalue weighted by atomic mass is 10.2. The van der Waals surface area contributed by atoms with Crippen molar-refractivity contribution in [2.75, 3.05) is 12.4 Å². The molecule has 9 heteroatoms. The number of hydrogen-bond donors (Lipinski definition) is 2. The van der Waals surface area contributed by atoms with Crippen LogP contribution in [0.5, 0.6) is 5.75 Å². The van der Waals surface area contributed by atoms with Crippen molar-refractivity contribution < 1.29 is 27.5 Å². The van der Waals surface area contributed by atoms with E-state index >= 15 is 0 Å². The minimum atomic E-state index is -4.52. The van der Waals surface area contributed by atoms with E-state index in [1.165, 1.54) is 19.4 Å². The van der Waals surface area contributed by atoms with E-state index in [4.69, 9.17) is 4.74 Å². The van der Waals surface area contributed by atoms with E-state index in [0.29, 0.717) is 11.3 Å². The first-order chi connectivity index (χ1) is 12.8. The van der Waals surface area contributed by atoms with Gasteiger partial charge in [0.15, 0.2) is 0 Å². The number of carbonyl (C=O) groups is 2. The van der Waals surface area contributed by atoms with Gasteiger partial charge in [-0.3, -0.25) is 9.59 Å². The van der Waals surface area contributed by atoms with Crippen molar-refractivity contribution in [2.45, 2.75) is 12.6 Å². The van der Waals surface area contributed by atoms with E-state index in [9.17, 15) is 22.8 Å². The van der Waals surface area contributed by atoms with Gasteiger partial charge in [-0.2, -0.15) is 18.3 Å². The number of carbonyl (C=O) groups excluding carboxylic acids is 2. The maximum Gasteiger partial charge on any atom is 0.416 e. The highest BCUT2D eigenvalue weighted by Gasteiger charge is 2.30. The van der Waals surface area contributed by atoms with Crippen LogP contribution < -0.4 is 15.5 Å². The fraction of sp³-hybridized carbons (Fsp3) is 0.167. The summed E-state index contributed by atoms with van der Waals surface area (Å²) in [4.78, 5) is 23.4. The number of ether oxygens (including phenoxy) is 1. The van der Waals surface area contributed by atoms with Crippen LogP contribution in [0, 0.1) is 0 Å². The summed E-state index contributed by atoms with van der Waals surface area (Å²) in [7, 11) is 1.54. The molecule has 2 amide bonds. The third-order valence-corrected chi connectivity index (χ3v) is 3.31. The Kier molecular flexibility index (Phi) is 6.53. The summed E-state index contributed by atoms with van der Waals surface area (Å²) >= 11 is 0. The lowest BCUT2D eigenvalue weighted by Crippen LogP contribution is -2.24. The molecule has 0 saturated heterocycles. The molecule has 2 rings (SSSR count). The van der Waals surface area contributed by atoms with Crippen LogP contribution in [0.2, 0.25) is 0 Å². The number of nitrogens with zero attached hydrogens (tertiary/aromatic N) is 1. The fourth-order valence-corrected chi connectivity index (χ4v) is 2.03. The summed E-state index contributed by atoms with van der Waals surface area (Å²) < 4.78 is 42.9. The van der Waals surface area contributed by atoms with E-state index in [2.05, 4.69) is 15.8 Å². The SMILES string of the molecule is COc1ccc(/C=N/NC(=O)CC(=O)Nc2cccc(C(F)(F)F)c2)cc1. The van der Waals surface area contributed by atoms with Crippen LogP contribution in [0.1, 0.15) is 17.5 Å². The molecule has 0 aromatic heterocycles. The summed E-state index contributed by atoms with van der Waals surface area (Å²) in [5.41, 5.74) is 1.92. The number of amides is 2. The lowest BCUT2D eigenvalue weighted by Gasteiger charge is -2.09. The normalized spacial score (nSPS) is 11.3. The molecule has 0 atom stereocenters. The molecule has 0 aliphatic rings.